The molecule has 3 rings (SSSR count). The average Bonchev–Trinajstić information content (AvgIpc) is 3.01. The van der Waals surface area contributed by atoms with E-state index < -0.39 is 5.41 Å². The minimum atomic E-state index is -0.407. The number of pyridine rings is 1. The van der Waals surface area contributed by atoms with Crippen molar-refractivity contribution in [3.63, 3.8) is 0 Å². The Balaban J connectivity index is 1.59. The predicted molar refractivity (Wildman–Crippen MR) is 170 cm³/mol. The normalized spacial score (nSPS) is 11.6. The number of aryl methyl sites for hydroxylation is 1. The van der Waals surface area contributed by atoms with E-state index in [0.29, 0.717) is 74.1 Å². The Kier molecular flexibility index (Phi) is 12.7. The van der Waals surface area contributed by atoms with E-state index in [9.17, 15) is 9.59 Å². The van der Waals surface area contributed by atoms with Crippen molar-refractivity contribution in [3.05, 3.63) is 88.7 Å². The second kappa shape index (κ2) is 16.4. The number of amides is 2. The first-order chi connectivity index (χ1) is 20.6. The smallest absolute Gasteiger partial charge is 0.251 e. The maximum atomic E-state index is 13.4. The summed E-state index contributed by atoms with van der Waals surface area (Å²) in [6, 6.07) is 16.0. The molecule has 0 bridgehead atoms. The van der Waals surface area contributed by atoms with Crippen LogP contribution in [0.1, 0.15) is 48.2 Å². The van der Waals surface area contributed by atoms with Crippen molar-refractivity contribution in [2.75, 3.05) is 26.2 Å². The van der Waals surface area contributed by atoms with Crippen molar-refractivity contribution in [2.24, 2.45) is 27.7 Å². The molecule has 1 heterocycles. The van der Waals surface area contributed by atoms with E-state index in [1.165, 1.54) is 0 Å². The topological polar surface area (TPSA) is 174 Å². The van der Waals surface area contributed by atoms with Crippen molar-refractivity contribution in [1.82, 2.24) is 20.6 Å². The quantitative estimate of drug-likeness (QED) is 0.0574. The SMILES string of the molecule is CC(C)(CNC(=O)c1ccc(N=C(N)NN)cc1)CN(CCCOc1ccc(CN)cc1Cl)C(=O)CCc1ccncc1. The van der Waals surface area contributed by atoms with Crippen LogP contribution in [0.4, 0.5) is 5.69 Å². The lowest BCUT2D eigenvalue weighted by Crippen LogP contribution is -2.45. The third kappa shape index (κ3) is 11.2. The lowest BCUT2D eigenvalue weighted by Gasteiger charge is -2.33. The second-order valence-electron chi connectivity index (χ2n) is 10.9. The fourth-order valence-corrected chi connectivity index (χ4v) is 4.59. The van der Waals surface area contributed by atoms with E-state index in [2.05, 4.69) is 20.7 Å². The summed E-state index contributed by atoms with van der Waals surface area (Å²) in [7, 11) is 0. The maximum Gasteiger partial charge on any atom is 0.251 e. The number of hydrazine groups is 1. The molecule has 43 heavy (non-hydrogen) atoms. The number of hydrogen-bond acceptors (Lipinski definition) is 7. The van der Waals surface area contributed by atoms with Crippen molar-refractivity contribution in [2.45, 2.75) is 39.7 Å². The highest BCUT2D eigenvalue weighted by Gasteiger charge is 2.26. The molecule has 0 atom stereocenters. The van der Waals surface area contributed by atoms with Gasteiger partial charge in [-0.3, -0.25) is 20.0 Å². The van der Waals surface area contributed by atoms with Crippen molar-refractivity contribution < 1.29 is 14.3 Å². The highest BCUT2D eigenvalue weighted by atomic mass is 35.5. The Labute approximate surface area is 257 Å². The van der Waals surface area contributed by atoms with Crippen LogP contribution in [0.25, 0.3) is 0 Å². The van der Waals surface area contributed by atoms with Gasteiger partial charge in [0.1, 0.15) is 5.75 Å². The molecular weight excluding hydrogens is 568 g/mol. The number of nitrogens with two attached hydrogens (primary N) is 3. The van der Waals surface area contributed by atoms with Gasteiger partial charge in [-0.25, -0.2) is 10.8 Å². The van der Waals surface area contributed by atoms with E-state index in [1.54, 1.807) is 42.7 Å². The molecule has 0 aliphatic carbocycles. The third-order valence-corrected chi connectivity index (χ3v) is 6.96. The van der Waals surface area contributed by atoms with Crippen LogP contribution in [0.2, 0.25) is 5.02 Å². The van der Waals surface area contributed by atoms with Gasteiger partial charge < -0.3 is 26.4 Å². The maximum absolute atomic E-state index is 13.4. The molecule has 11 nitrogen and oxygen atoms in total. The molecule has 2 amide bonds. The molecule has 0 aliphatic rings. The summed E-state index contributed by atoms with van der Waals surface area (Å²) in [6.07, 6.45) is 5.02. The number of nitrogens with one attached hydrogen (secondary N) is 2. The fraction of sp³-hybridized carbons (Fsp3) is 0.355. The number of aliphatic imine (C=N–C) groups is 1. The van der Waals surface area contributed by atoms with Gasteiger partial charge in [0.05, 0.1) is 17.3 Å². The summed E-state index contributed by atoms with van der Waals surface area (Å²) >= 11 is 6.32. The summed E-state index contributed by atoms with van der Waals surface area (Å²) in [4.78, 5) is 36.2. The Morgan fingerprint density at radius 1 is 1.07 bits per heavy atom. The molecule has 8 N–H and O–H groups in total. The molecular formula is C31H41ClN8O3. The minimum absolute atomic E-state index is 0.0314. The number of nitrogens with zero attached hydrogens (tertiary/aromatic N) is 3. The molecule has 12 heteroatoms. The van der Waals surface area contributed by atoms with Crippen LogP contribution < -0.4 is 32.8 Å². The van der Waals surface area contributed by atoms with Crippen molar-refractivity contribution in [3.8, 4) is 5.75 Å². The highest BCUT2D eigenvalue weighted by Crippen LogP contribution is 2.25. The van der Waals surface area contributed by atoms with E-state index in [1.807, 2.05) is 43.0 Å². The standard InChI is InChI=1S/C31H41ClN8O3/c1-31(2,20-37-29(42)24-6-8-25(9-7-24)38-30(34)39-35)21-40(28(41)11-5-22-12-14-36-15-13-22)16-3-17-43-27-10-4-23(19-33)18-26(27)32/h4,6-10,12-15,18H,3,5,11,16-17,19-21,33,35H2,1-2H3,(H,37,42)(H3,34,38,39). The molecule has 0 saturated heterocycles. The van der Waals surface area contributed by atoms with E-state index in [-0.39, 0.29) is 17.8 Å². The Morgan fingerprint density at radius 2 is 1.79 bits per heavy atom. The molecule has 3 aromatic rings. The molecule has 0 radical (unpaired) electrons. The zero-order valence-electron chi connectivity index (χ0n) is 24.7. The van der Waals surface area contributed by atoms with Gasteiger partial charge in [-0.05, 0) is 77.9 Å². The predicted octanol–water partition coefficient (Wildman–Crippen LogP) is 3.29. The van der Waals surface area contributed by atoms with Crippen LogP contribution in [0.3, 0.4) is 0 Å². The second-order valence-corrected chi connectivity index (χ2v) is 11.3. The summed E-state index contributed by atoms with van der Waals surface area (Å²) in [5, 5.41) is 3.50. The summed E-state index contributed by atoms with van der Waals surface area (Å²) < 4.78 is 5.89. The summed E-state index contributed by atoms with van der Waals surface area (Å²) in [5.74, 6) is 5.69. The number of aromatic nitrogens is 1. The molecule has 230 valence electrons. The van der Waals surface area contributed by atoms with Crippen LogP contribution in [-0.2, 0) is 17.8 Å². The molecule has 1 aromatic heterocycles. The van der Waals surface area contributed by atoms with Gasteiger partial charge in [0.15, 0.2) is 0 Å². The van der Waals surface area contributed by atoms with Gasteiger partial charge in [-0.2, -0.15) is 0 Å². The lowest BCUT2D eigenvalue weighted by atomic mass is 9.92. The summed E-state index contributed by atoms with van der Waals surface area (Å²) in [5.41, 5.74) is 16.1. The molecule has 0 saturated carbocycles. The highest BCUT2D eigenvalue weighted by molar-refractivity contribution is 6.32. The van der Waals surface area contributed by atoms with Gasteiger partial charge in [-0.1, -0.05) is 31.5 Å². The number of carbonyl (C=O) groups is 2. The number of hydrogen-bond donors (Lipinski definition) is 5. The van der Waals surface area contributed by atoms with Crippen LogP contribution in [0.5, 0.6) is 5.75 Å². The number of guanidine groups is 1. The van der Waals surface area contributed by atoms with Crippen molar-refractivity contribution >= 4 is 35.1 Å². The van der Waals surface area contributed by atoms with Crippen LogP contribution in [0.15, 0.2) is 72.0 Å². The zero-order valence-corrected chi connectivity index (χ0v) is 25.4. The van der Waals surface area contributed by atoms with E-state index >= 15 is 0 Å². The fourth-order valence-electron chi connectivity index (χ4n) is 4.33. The number of benzene rings is 2. The molecule has 0 fully saturated rings. The lowest BCUT2D eigenvalue weighted by molar-refractivity contribution is -0.132. The monoisotopic (exact) mass is 608 g/mol. The Morgan fingerprint density at radius 3 is 2.44 bits per heavy atom. The number of rotatable bonds is 15. The van der Waals surface area contributed by atoms with E-state index in [0.717, 1.165) is 11.1 Å². The minimum Gasteiger partial charge on any atom is -0.492 e. The number of ether oxygens (including phenoxy) is 1. The Bertz CT molecular complexity index is 1370. The first-order valence-electron chi connectivity index (χ1n) is 14.1. The zero-order chi connectivity index (χ0) is 31.2. The van der Waals surface area contributed by atoms with E-state index in [4.69, 9.17) is 33.6 Å². The molecule has 0 spiro atoms. The number of carbonyl (C=O) groups excluding carboxylic acids is 2. The molecule has 2 aromatic carbocycles. The molecule has 0 aliphatic heterocycles. The number of halogens is 1. The first kappa shape index (κ1) is 33.3. The van der Waals surface area contributed by atoms with Crippen LogP contribution >= 0.6 is 11.6 Å². The first-order valence-corrected chi connectivity index (χ1v) is 14.4. The van der Waals surface area contributed by atoms with Gasteiger partial charge in [-0.15, -0.1) is 0 Å². The molecule has 0 unspecified atom stereocenters. The van der Waals surface area contributed by atoms with Gasteiger partial charge in [0, 0.05) is 50.6 Å². The van der Waals surface area contributed by atoms with Crippen LogP contribution in [-0.4, -0.2) is 53.9 Å². The third-order valence-electron chi connectivity index (χ3n) is 6.66. The average molecular weight is 609 g/mol. The van der Waals surface area contributed by atoms with Gasteiger partial charge >= 0.3 is 0 Å². The van der Waals surface area contributed by atoms with Crippen molar-refractivity contribution in [1.29, 1.82) is 0 Å². The largest absolute Gasteiger partial charge is 0.492 e. The van der Waals surface area contributed by atoms with Gasteiger partial charge in [0.2, 0.25) is 11.9 Å². The van der Waals surface area contributed by atoms with Crippen LogP contribution in [0, 0.1) is 5.41 Å². The Hall–Kier alpha value is -4.19. The summed E-state index contributed by atoms with van der Waals surface area (Å²) in [6.45, 7) is 6.14. The van der Waals surface area contributed by atoms with Gasteiger partial charge in [0.25, 0.3) is 5.91 Å².